The second-order valence-electron chi connectivity index (χ2n) is 8.75. The molecule has 5 rings (SSSR count). The topological polar surface area (TPSA) is 54.5 Å². The fourth-order valence-corrected chi connectivity index (χ4v) is 4.99. The average molecular weight is 450 g/mol. The first-order valence-electron chi connectivity index (χ1n) is 11.2. The van der Waals surface area contributed by atoms with Gasteiger partial charge in [-0.05, 0) is 61.6 Å². The van der Waals surface area contributed by atoms with Crippen LogP contribution in [0.3, 0.4) is 0 Å². The molecule has 0 radical (unpaired) electrons. The molecule has 2 aliphatic rings. The van der Waals surface area contributed by atoms with Crippen LogP contribution in [0.4, 0.5) is 8.78 Å². The van der Waals surface area contributed by atoms with E-state index in [1.54, 1.807) is 0 Å². The van der Waals surface area contributed by atoms with Crippen molar-refractivity contribution in [3.05, 3.63) is 89.6 Å². The fourth-order valence-electron chi connectivity index (χ4n) is 4.99. The summed E-state index contributed by atoms with van der Waals surface area (Å²) < 4.78 is 32.7. The normalized spacial score (nSPS) is 22.2. The van der Waals surface area contributed by atoms with E-state index in [1.807, 2.05) is 6.07 Å². The molecule has 1 unspecified atom stereocenters. The Labute approximate surface area is 191 Å². The average Bonchev–Trinajstić information content (AvgIpc) is 3.04. The Kier molecular flexibility index (Phi) is 6.05. The molecule has 3 aromatic rings. The van der Waals surface area contributed by atoms with E-state index >= 15 is 0 Å². The first-order valence-corrected chi connectivity index (χ1v) is 11.2. The molecule has 0 spiro atoms. The maximum absolute atomic E-state index is 13.9. The third kappa shape index (κ3) is 4.88. The van der Waals surface area contributed by atoms with Crippen molar-refractivity contribution in [1.82, 2.24) is 15.2 Å². The molecule has 3 heterocycles. The minimum absolute atomic E-state index is 0.00367. The third-order valence-electron chi connectivity index (χ3n) is 6.52. The summed E-state index contributed by atoms with van der Waals surface area (Å²) in [6.07, 6.45) is 4.94. The van der Waals surface area contributed by atoms with E-state index in [0.29, 0.717) is 17.8 Å². The lowest BCUT2D eigenvalue weighted by molar-refractivity contribution is 0.0825. The number of carbonyl (C=O) groups excluding carboxylic acids is 1. The van der Waals surface area contributed by atoms with Crippen molar-refractivity contribution in [2.24, 2.45) is 0 Å². The third-order valence-corrected chi connectivity index (χ3v) is 6.52. The van der Waals surface area contributed by atoms with E-state index in [9.17, 15) is 13.6 Å². The van der Waals surface area contributed by atoms with E-state index in [-0.39, 0.29) is 17.5 Å². The maximum Gasteiger partial charge on any atom is 0.257 e. The summed E-state index contributed by atoms with van der Waals surface area (Å²) in [6, 6.07) is 17.7. The van der Waals surface area contributed by atoms with Crippen LogP contribution in [0.2, 0.25) is 0 Å². The molecule has 2 saturated heterocycles. The zero-order valence-corrected chi connectivity index (χ0v) is 18.1. The summed E-state index contributed by atoms with van der Waals surface area (Å²) in [7, 11) is 0. The van der Waals surface area contributed by atoms with Gasteiger partial charge in [0.2, 0.25) is 5.88 Å². The quantitative estimate of drug-likeness (QED) is 0.570. The van der Waals surface area contributed by atoms with Crippen LogP contribution < -0.4 is 10.1 Å². The van der Waals surface area contributed by atoms with Crippen LogP contribution in [-0.4, -0.2) is 33.9 Å². The lowest BCUT2D eigenvalue weighted by atomic mass is 9.96. The van der Waals surface area contributed by atoms with Crippen molar-refractivity contribution < 1.29 is 18.3 Å². The Morgan fingerprint density at radius 3 is 2.39 bits per heavy atom. The summed E-state index contributed by atoms with van der Waals surface area (Å²) in [5, 5.41) is 3.07. The van der Waals surface area contributed by atoms with Gasteiger partial charge in [0.05, 0.1) is 6.20 Å². The monoisotopic (exact) mass is 449 g/mol. The first-order chi connectivity index (χ1) is 16.0. The second-order valence-corrected chi connectivity index (χ2v) is 8.75. The van der Waals surface area contributed by atoms with Crippen molar-refractivity contribution >= 4 is 5.91 Å². The van der Waals surface area contributed by atoms with Gasteiger partial charge in [-0.2, -0.15) is 0 Å². The molecule has 7 heteroatoms. The number of benzene rings is 2. The molecule has 1 amide bonds. The van der Waals surface area contributed by atoms with Gasteiger partial charge in [-0.15, -0.1) is 0 Å². The fraction of sp³-hybridized carbons (Fsp3) is 0.308. The van der Waals surface area contributed by atoms with Gasteiger partial charge in [0.25, 0.3) is 5.91 Å². The zero-order valence-electron chi connectivity index (χ0n) is 18.1. The molecular formula is C26H25F2N3O2. The Balaban J connectivity index is 1.27. The van der Waals surface area contributed by atoms with Gasteiger partial charge in [-0.25, -0.2) is 13.8 Å². The van der Waals surface area contributed by atoms with E-state index in [1.165, 1.54) is 29.8 Å². The van der Waals surface area contributed by atoms with E-state index in [4.69, 9.17) is 4.74 Å². The SMILES string of the molecule is O=C(NC1C[C@H]2CC[C@@H](C1)N2Cc1ccccc1)c1cc(F)cnc1Oc1ccc(F)cc1. The van der Waals surface area contributed by atoms with Crippen molar-refractivity contribution in [1.29, 1.82) is 0 Å². The highest BCUT2D eigenvalue weighted by atomic mass is 19.1. The molecule has 1 aromatic heterocycles. The van der Waals surface area contributed by atoms with Gasteiger partial charge >= 0.3 is 0 Å². The lowest BCUT2D eigenvalue weighted by Gasteiger charge is -2.39. The number of carbonyl (C=O) groups is 1. The van der Waals surface area contributed by atoms with Gasteiger partial charge in [0.15, 0.2) is 0 Å². The summed E-state index contributed by atoms with van der Waals surface area (Å²) in [5.41, 5.74) is 1.32. The van der Waals surface area contributed by atoms with Crippen LogP contribution in [-0.2, 0) is 6.54 Å². The van der Waals surface area contributed by atoms with Gasteiger partial charge in [0.1, 0.15) is 22.9 Å². The predicted octanol–water partition coefficient (Wildman–Crippen LogP) is 5.08. The summed E-state index contributed by atoms with van der Waals surface area (Å²) in [4.78, 5) is 19.6. The number of fused-ring (bicyclic) bond motifs is 2. The highest BCUT2D eigenvalue weighted by Gasteiger charge is 2.41. The van der Waals surface area contributed by atoms with Gasteiger partial charge in [0, 0.05) is 24.7 Å². The number of hydrogen-bond acceptors (Lipinski definition) is 4. The number of nitrogens with zero attached hydrogens (tertiary/aromatic N) is 2. The second kappa shape index (κ2) is 9.27. The van der Waals surface area contributed by atoms with E-state index in [0.717, 1.165) is 44.5 Å². The number of ether oxygens (including phenoxy) is 1. The van der Waals surface area contributed by atoms with Crippen molar-refractivity contribution in [2.45, 2.75) is 50.4 Å². The Hall–Kier alpha value is -3.32. The van der Waals surface area contributed by atoms with Crippen LogP contribution in [0, 0.1) is 11.6 Å². The largest absolute Gasteiger partial charge is 0.438 e. The van der Waals surface area contributed by atoms with Crippen LogP contribution >= 0.6 is 0 Å². The van der Waals surface area contributed by atoms with Crippen molar-refractivity contribution in [2.75, 3.05) is 0 Å². The molecule has 0 aliphatic carbocycles. The number of aromatic nitrogens is 1. The highest BCUT2D eigenvalue weighted by Crippen LogP contribution is 2.37. The molecule has 2 aromatic carbocycles. The number of hydrogen-bond donors (Lipinski definition) is 1. The number of amides is 1. The molecule has 170 valence electrons. The van der Waals surface area contributed by atoms with E-state index < -0.39 is 17.5 Å². The zero-order chi connectivity index (χ0) is 22.8. The molecule has 3 atom stereocenters. The smallest absolute Gasteiger partial charge is 0.257 e. The molecule has 5 nitrogen and oxygen atoms in total. The summed E-state index contributed by atoms with van der Waals surface area (Å²) >= 11 is 0. The Bertz CT molecular complexity index is 1110. The van der Waals surface area contributed by atoms with Crippen molar-refractivity contribution in [3.63, 3.8) is 0 Å². The number of nitrogens with one attached hydrogen (secondary N) is 1. The van der Waals surface area contributed by atoms with Crippen molar-refractivity contribution in [3.8, 4) is 11.6 Å². The van der Waals surface area contributed by atoms with Crippen LogP contribution in [0.15, 0.2) is 66.9 Å². The number of halogens is 2. The van der Waals surface area contributed by atoms with Crippen LogP contribution in [0.5, 0.6) is 11.6 Å². The summed E-state index contributed by atoms with van der Waals surface area (Å²) in [5.74, 6) is -1.13. The minimum atomic E-state index is -0.621. The number of rotatable bonds is 6. The minimum Gasteiger partial charge on any atom is -0.438 e. The molecule has 0 saturated carbocycles. The standard InChI is InChI=1S/C26H25F2N3O2/c27-18-6-10-23(11-7-18)33-26-24(12-19(28)15-29-26)25(32)30-20-13-21-8-9-22(14-20)31(21)16-17-4-2-1-3-5-17/h1-7,10-12,15,20-22H,8-9,13-14,16H2,(H,30,32)/t20?,21-,22+. The molecule has 2 bridgehead atoms. The predicted molar refractivity (Wildman–Crippen MR) is 120 cm³/mol. The Morgan fingerprint density at radius 1 is 1.00 bits per heavy atom. The van der Waals surface area contributed by atoms with E-state index in [2.05, 4.69) is 39.5 Å². The van der Waals surface area contributed by atoms with Gasteiger partial charge in [-0.1, -0.05) is 30.3 Å². The lowest BCUT2D eigenvalue weighted by Crippen LogP contribution is -2.50. The van der Waals surface area contributed by atoms with Gasteiger partial charge in [-0.3, -0.25) is 9.69 Å². The molecular weight excluding hydrogens is 424 g/mol. The molecule has 33 heavy (non-hydrogen) atoms. The molecule has 2 fully saturated rings. The number of piperidine rings is 1. The first kappa shape index (κ1) is 21.5. The van der Waals surface area contributed by atoms with Gasteiger partial charge < -0.3 is 10.1 Å². The molecule has 2 aliphatic heterocycles. The Morgan fingerprint density at radius 2 is 1.70 bits per heavy atom. The van der Waals surface area contributed by atoms with Crippen LogP contribution in [0.1, 0.15) is 41.6 Å². The number of pyridine rings is 1. The summed E-state index contributed by atoms with van der Waals surface area (Å²) in [6.45, 7) is 0.917. The maximum atomic E-state index is 13.9. The van der Waals surface area contributed by atoms with Crippen LogP contribution in [0.25, 0.3) is 0 Å². The molecule has 1 N–H and O–H groups in total. The highest BCUT2D eigenvalue weighted by molar-refractivity contribution is 5.96.